The third-order valence-corrected chi connectivity index (χ3v) is 7.44. The predicted octanol–water partition coefficient (Wildman–Crippen LogP) is -2.06. The van der Waals surface area contributed by atoms with Gasteiger partial charge in [-0.05, 0) is 31.6 Å². The smallest absolute Gasteiger partial charge is 0.305 e. The fourth-order valence-corrected chi connectivity index (χ4v) is 4.55. The van der Waals surface area contributed by atoms with Crippen molar-refractivity contribution in [2.75, 3.05) is 6.61 Å². The van der Waals surface area contributed by atoms with E-state index in [1.807, 2.05) is 0 Å². The number of carbonyl (C=O) groups is 2. The molecule has 0 aromatic carbocycles. The number of aliphatic carboxylic acids is 2. The van der Waals surface area contributed by atoms with Gasteiger partial charge in [0, 0.05) is 0 Å². The van der Waals surface area contributed by atoms with Crippen LogP contribution in [0.3, 0.4) is 0 Å². The van der Waals surface area contributed by atoms with Crippen molar-refractivity contribution < 1.29 is 74.5 Å². The Kier molecular flexibility index (Phi) is 14.0. The zero-order valence-electron chi connectivity index (χ0n) is 23.2. The van der Waals surface area contributed by atoms with Crippen molar-refractivity contribution in [3.8, 4) is 0 Å². The summed E-state index contributed by atoms with van der Waals surface area (Å²) >= 11 is 0. The molecule has 4 unspecified atom stereocenters. The summed E-state index contributed by atoms with van der Waals surface area (Å²) < 4.78 is 22.2. The molecule has 14 atom stereocenters. The van der Waals surface area contributed by atoms with Crippen molar-refractivity contribution in [3.05, 3.63) is 12.2 Å². The van der Waals surface area contributed by atoms with Crippen molar-refractivity contribution in [2.45, 2.75) is 120 Å². The van der Waals surface area contributed by atoms with Gasteiger partial charge in [-0.15, -0.1) is 0 Å². The first-order valence-corrected chi connectivity index (χ1v) is 13.6. The maximum atomic E-state index is 11.5. The third kappa shape index (κ3) is 10.2. The van der Waals surface area contributed by atoms with Crippen molar-refractivity contribution in [2.24, 2.45) is 11.8 Å². The summed E-state index contributed by atoms with van der Waals surface area (Å²) in [6.45, 7) is 4.36. The molecule has 2 saturated heterocycles. The Morgan fingerprint density at radius 3 is 1.88 bits per heavy atom. The van der Waals surface area contributed by atoms with Crippen molar-refractivity contribution in [1.82, 2.24) is 0 Å². The lowest BCUT2D eigenvalue weighted by molar-refractivity contribution is -0.335. The number of aliphatic hydroxyl groups is 7. The minimum atomic E-state index is -1.76. The van der Waals surface area contributed by atoms with E-state index in [1.165, 1.54) is 6.92 Å². The largest absolute Gasteiger partial charge is 0.481 e. The average Bonchev–Trinajstić information content (AvgIpc) is 2.90. The monoisotopic (exact) mass is 596 g/mol. The van der Waals surface area contributed by atoms with E-state index in [9.17, 15) is 50.4 Å². The number of aliphatic hydroxyl groups excluding tert-OH is 7. The van der Waals surface area contributed by atoms with Crippen LogP contribution in [0.4, 0.5) is 0 Å². The highest BCUT2D eigenvalue weighted by atomic mass is 16.7. The molecular formula is C26H44O15. The molecule has 9 N–H and O–H groups in total. The molecule has 15 nitrogen and oxygen atoms in total. The van der Waals surface area contributed by atoms with Crippen molar-refractivity contribution >= 4 is 11.9 Å². The summed E-state index contributed by atoms with van der Waals surface area (Å²) in [6.07, 6.45) is -13.6. The van der Waals surface area contributed by atoms with Gasteiger partial charge in [-0.3, -0.25) is 9.59 Å². The molecule has 41 heavy (non-hydrogen) atoms. The van der Waals surface area contributed by atoms with Crippen LogP contribution in [0.15, 0.2) is 12.2 Å². The molecule has 238 valence electrons. The molecule has 15 heteroatoms. The second-order valence-corrected chi connectivity index (χ2v) is 10.9. The molecule has 0 radical (unpaired) electrons. The van der Waals surface area contributed by atoms with Gasteiger partial charge in [0.25, 0.3) is 0 Å². The van der Waals surface area contributed by atoms with Crippen molar-refractivity contribution in [3.63, 3.8) is 0 Å². The molecule has 2 aliphatic rings. The normalized spacial score (nSPS) is 37.4. The van der Waals surface area contributed by atoms with Crippen LogP contribution in [0, 0.1) is 11.8 Å². The lowest BCUT2D eigenvalue weighted by Gasteiger charge is -2.43. The van der Waals surface area contributed by atoms with E-state index in [0.717, 1.165) is 0 Å². The third-order valence-electron chi connectivity index (χ3n) is 7.44. The average molecular weight is 597 g/mol. The van der Waals surface area contributed by atoms with Gasteiger partial charge in [-0.25, -0.2) is 0 Å². The second kappa shape index (κ2) is 16.2. The number of hydrogen-bond acceptors (Lipinski definition) is 13. The Morgan fingerprint density at radius 1 is 0.756 bits per heavy atom. The summed E-state index contributed by atoms with van der Waals surface area (Å²) in [4.78, 5) is 22.3. The first-order chi connectivity index (χ1) is 19.1. The molecule has 0 aromatic rings. The van der Waals surface area contributed by atoms with Gasteiger partial charge in [0.2, 0.25) is 0 Å². The van der Waals surface area contributed by atoms with E-state index in [2.05, 4.69) is 0 Å². The van der Waals surface area contributed by atoms with Gasteiger partial charge >= 0.3 is 11.9 Å². The Balaban J connectivity index is 2.01. The highest BCUT2D eigenvalue weighted by Crippen LogP contribution is 2.28. The van der Waals surface area contributed by atoms with E-state index in [-0.39, 0.29) is 12.3 Å². The van der Waals surface area contributed by atoms with Crippen LogP contribution < -0.4 is 0 Å². The molecule has 0 amide bonds. The lowest BCUT2D eigenvalue weighted by Crippen LogP contribution is -2.61. The number of hydrogen-bond donors (Lipinski definition) is 9. The first kappa shape index (κ1) is 35.4. The number of carboxylic acid groups (broad SMARTS) is 2. The molecular weight excluding hydrogens is 552 g/mol. The quantitative estimate of drug-likeness (QED) is 0.0922. The second-order valence-electron chi connectivity index (χ2n) is 10.9. The minimum absolute atomic E-state index is 0.321. The molecule has 0 aliphatic carbocycles. The van der Waals surface area contributed by atoms with Crippen LogP contribution in [0.1, 0.15) is 46.5 Å². The van der Waals surface area contributed by atoms with Crippen LogP contribution in [0.2, 0.25) is 0 Å². The Labute approximate surface area is 237 Å². The molecule has 0 bridgehead atoms. The van der Waals surface area contributed by atoms with Gasteiger partial charge in [0.1, 0.15) is 42.7 Å². The maximum Gasteiger partial charge on any atom is 0.305 e. The summed E-state index contributed by atoms with van der Waals surface area (Å²) in [5.41, 5.74) is 0. The van der Waals surface area contributed by atoms with E-state index in [0.29, 0.717) is 12.8 Å². The van der Waals surface area contributed by atoms with Crippen LogP contribution in [-0.2, 0) is 28.5 Å². The first-order valence-electron chi connectivity index (χ1n) is 13.6. The molecule has 0 spiro atoms. The van der Waals surface area contributed by atoms with Gasteiger partial charge in [-0.1, -0.05) is 26.0 Å². The zero-order valence-corrected chi connectivity index (χ0v) is 23.2. The highest BCUT2D eigenvalue weighted by molar-refractivity contribution is 5.67. The van der Waals surface area contributed by atoms with Gasteiger partial charge in [-0.2, -0.15) is 0 Å². The van der Waals surface area contributed by atoms with Crippen LogP contribution >= 0.6 is 0 Å². The molecule has 0 aromatic heterocycles. The topological polar surface area (TPSA) is 253 Å². The highest BCUT2D eigenvalue weighted by Gasteiger charge is 2.47. The van der Waals surface area contributed by atoms with Gasteiger partial charge in [0.15, 0.2) is 12.6 Å². The lowest BCUT2D eigenvalue weighted by atomic mass is 9.95. The molecule has 2 rings (SSSR count). The summed E-state index contributed by atoms with van der Waals surface area (Å²) in [5.74, 6) is -3.06. The van der Waals surface area contributed by atoms with Crippen molar-refractivity contribution in [1.29, 1.82) is 0 Å². The molecule has 0 saturated carbocycles. The van der Waals surface area contributed by atoms with E-state index in [4.69, 9.17) is 24.1 Å². The fourth-order valence-electron chi connectivity index (χ4n) is 4.55. The SMILES string of the molecule is CC(C/C=C/CC(C)C(CC(=O)O)O[C@@H]1O[C@H](CO[C@@H]2O[C@@H](C)[C@H](O)[C@@H](O)[C@H]2O)[C@@H](O)[C@H](O)[C@H]1O)C(O)CC(=O)O. The zero-order chi connectivity index (χ0) is 31.0. The fraction of sp³-hybridized carbons (Fsp3) is 0.846. The Hall–Kier alpha value is -1.76. The van der Waals surface area contributed by atoms with Gasteiger partial charge in [0.05, 0.1) is 37.8 Å². The minimum Gasteiger partial charge on any atom is -0.481 e. The Morgan fingerprint density at radius 2 is 1.29 bits per heavy atom. The van der Waals surface area contributed by atoms with E-state index >= 15 is 0 Å². The number of ether oxygens (including phenoxy) is 4. The van der Waals surface area contributed by atoms with Crippen LogP contribution in [0.5, 0.6) is 0 Å². The number of rotatable bonds is 15. The molecule has 2 aliphatic heterocycles. The number of allylic oxidation sites excluding steroid dienone is 2. The maximum absolute atomic E-state index is 11.5. The standard InChI is InChI=1S/C26H44O15/c1-11(14(27)8-17(28)29)6-4-5-7-12(2)15(9-18(30)31)40-26-24(37)22(35)20(33)16(41-26)10-38-25-23(36)21(34)19(32)13(3)39-25/h4-5,11-16,19-27,32-37H,6-10H2,1-3H3,(H,28,29)(H,30,31)/b5-4+/t11?,12?,13-,14?,15?,16+,19-,20+,21+,22-,23+,24+,25+,26+/m0/s1. The number of carboxylic acids is 2. The van der Waals surface area contributed by atoms with Gasteiger partial charge < -0.3 is 64.9 Å². The molecule has 2 fully saturated rings. The van der Waals surface area contributed by atoms with E-state index < -0.39 is 105 Å². The Bertz CT molecular complexity index is 855. The van der Waals surface area contributed by atoms with E-state index in [1.54, 1.807) is 26.0 Å². The van der Waals surface area contributed by atoms with Crippen LogP contribution in [-0.4, -0.2) is 138 Å². The van der Waals surface area contributed by atoms with Crippen LogP contribution in [0.25, 0.3) is 0 Å². The summed E-state index contributed by atoms with van der Waals surface area (Å²) in [7, 11) is 0. The molecule has 2 heterocycles. The predicted molar refractivity (Wildman–Crippen MR) is 137 cm³/mol. The summed E-state index contributed by atoms with van der Waals surface area (Å²) in [6, 6.07) is 0. The summed E-state index contributed by atoms with van der Waals surface area (Å²) in [5, 5.41) is 89.3.